The molecule has 2 aromatic heterocycles. The molecule has 2 fully saturated rings. The van der Waals surface area contributed by atoms with Crippen molar-refractivity contribution in [2.45, 2.75) is 13.2 Å². The summed E-state index contributed by atoms with van der Waals surface area (Å²) < 4.78 is 5.92. The quantitative estimate of drug-likeness (QED) is 0.161. The molecule has 0 atom stereocenters. The molecule has 2 aliphatic heterocycles. The molecule has 5 rings (SSSR count). The number of thiol groups is 1. The van der Waals surface area contributed by atoms with Crippen molar-refractivity contribution < 1.29 is 4.74 Å². The van der Waals surface area contributed by atoms with Gasteiger partial charge in [0.2, 0.25) is 0 Å². The van der Waals surface area contributed by atoms with E-state index < -0.39 is 0 Å². The van der Waals surface area contributed by atoms with E-state index in [9.17, 15) is 0 Å². The lowest BCUT2D eigenvalue weighted by atomic mass is 9.74. The number of ether oxygens (including phenoxy) is 1. The van der Waals surface area contributed by atoms with Crippen LogP contribution in [0.1, 0.15) is 22.3 Å². The minimum Gasteiger partial charge on any atom is -0.489 e. The molecule has 196 valence electrons. The summed E-state index contributed by atoms with van der Waals surface area (Å²) >= 11 is 15.9. The standard InChI is InChI=1S/C25H27Cl2N7O.CH4S/c1-30-6-16-4-15(7-33-24(16)34-13-25(14-34)11-32-12-25)23(29)18-5-17(2-3-22(18)28)35-10-19-20(26)8-31-9-21(19)27;1-2/h2-5,7-9,29-30,32H,6,10-14,28H2,1H3;2H,1H3. The van der Waals surface area contributed by atoms with Gasteiger partial charge in [-0.1, -0.05) is 23.2 Å². The zero-order chi connectivity index (χ0) is 26.6. The highest BCUT2D eigenvalue weighted by atomic mass is 35.5. The first-order valence-corrected chi connectivity index (χ1v) is 13.5. The minimum atomic E-state index is 0.173. The molecule has 0 unspecified atom stereocenters. The second-order valence-corrected chi connectivity index (χ2v) is 10.0. The maximum atomic E-state index is 8.87. The molecule has 0 radical (unpaired) electrons. The predicted molar refractivity (Wildman–Crippen MR) is 155 cm³/mol. The maximum Gasteiger partial charge on any atom is 0.133 e. The van der Waals surface area contributed by atoms with Crippen LogP contribution >= 0.6 is 35.8 Å². The Kier molecular flexibility index (Phi) is 8.82. The third-order valence-electron chi connectivity index (χ3n) is 6.58. The first kappa shape index (κ1) is 27.5. The molecule has 37 heavy (non-hydrogen) atoms. The summed E-state index contributed by atoms with van der Waals surface area (Å²) in [6, 6.07) is 7.28. The number of nitrogens with one attached hydrogen (secondary N) is 3. The maximum absolute atomic E-state index is 8.87. The molecule has 11 heteroatoms. The van der Waals surface area contributed by atoms with Gasteiger partial charge in [-0.25, -0.2) is 4.98 Å². The van der Waals surface area contributed by atoms with Gasteiger partial charge in [-0.3, -0.25) is 10.4 Å². The Labute approximate surface area is 232 Å². The smallest absolute Gasteiger partial charge is 0.133 e. The van der Waals surface area contributed by atoms with Gasteiger partial charge < -0.3 is 26.0 Å². The lowest BCUT2D eigenvalue weighted by molar-refractivity contribution is 0.120. The van der Waals surface area contributed by atoms with Crippen LogP contribution in [0.3, 0.4) is 0 Å². The molecule has 8 nitrogen and oxygen atoms in total. The molecule has 5 N–H and O–H groups in total. The number of nitrogens with two attached hydrogens (primary N) is 1. The van der Waals surface area contributed by atoms with Crippen molar-refractivity contribution in [1.29, 1.82) is 5.41 Å². The monoisotopic (exact) mass is 559 g/mol. The van der Waals surface area contributed by atoms with Gasteiger partial charge >= 0.3 is 0 Å². The van der Waals surface area contributed by atoms with Gasteiger partial charge in [0.15, 0.2) is 0 Å². The third-order valence-corrected chi connectivity index (χ3v) is 7.23. The van der Waals surface area contributed by atoms with E-state index >= 15 is 0 Å². The number of anilines is 2. The largest absolute Gasteiger partial charge is 0.489 e. The van der Waals surface area contributed by atoms with Crippen LogP contribution in [0, 0.1) is 10.8 Å². The number of pyridine rings is 2. The van der Waals surface area contributed by atoms with Crippen LogP contribution in [0.5, 0.6) is 5.75 Å². The Morgan fingerprint density at radius 2 is 1.89 bits per heavy atom. The second-order valence-electron chi connectivity index (χ2n) is 9.19. The van der Waals surface area contributed by atoms with Crippen molar-refractivity contribution in [2.24, 2.45) is 5.41 Å². The molecule has 0 saturated carbocycles. The van der Waals surface area contributed by atoms with E-state index in [0.717, 1.165) is 37.6 Å². The molecule has 1 spiro atoms. The first-order chi connectivity index (χ1) is 17.9. The van der Waals surface area contributed by atoms with Crippen molar-refractivity contribution in [3.05, 3.63) is 75.2 Å². The fourth-order valence-corrected chi connectivity index (χ4v) is 5.06. The van der Waals surface area contributed by atoms with Gasteiger partial charge in [0, 0.05) is 84.7 Å². The molecule has 2 saturated heterocycles. The fourth-order valence-electron chi connectivity index (χ4n) is 4.59. The SMILES string of the molecule is CNCc1cc(C(=N)c2cc(OCc3c(Cl)cncc3Cl)ccc2N)cnc1N1CC2(CNC2)C1.CS. The lowest BCUT2D eigenvalue weighted by Gasteiger charge is -2.56. The average molecular weight is 561 g/mol. The van der Waals surface area contributed by atoms with E-state index in [1.807, 2.05) is 13.1 Å². The number of hydrogen-bond donors (Lipinski definition) is 5. The summed E-state index contributed by atoms with van der Waals surface area (Å²) in [6.07, 6.45) is 6.50. The summed E-state index contributed by atoms with van der Waals surface area (Å²) in [6.45, 7) is 5.01. The van der Waals surface area contributed by atoms with Gasteiger partial charge in [0.25, 0.3) is 0 Å². The van der Waals surface area contributed by atoms with Crippen molar-refractivity contribution in [3.63, 3.8) is 0 Å². The van der Waals surface area contributed by atoms with E-state index in [4.69, 9.17) is 44.1 Å². The molecular formula is C26H31Cl2N7OS. The number of aromatic nitrogens is 2. The number of hydrogen-bond acceptors (Lipinski definition) is 9. The van der Waals surface area contributed by atoms with Crippen molar-refractivity contribution in [1.82, 2.24) is 20.6 Å². The van der Waals surface area contributed by atoms with Crippen LogP contribution in [-0.2, 0) is 13.2 Å². The van der Waals surface area contributed by atoms with E-state index in [-0.39, 0.29) is 12.3 Å². The summed E-state index contributed by atoms with van der Waals surface area (Å²) in [5, 5.41) is 16.3. The number of benzene rings is 1. The zero-order valence-corrected chi connectivity index (χ0v) is 23.2. The fraction of sp³-hybridized carbons (Fsp3) is 0.346. The van der Waals surface area contributed by atoms with Crippen LogP contribution in [0.2, 0.25) is 10.0 Å². The first-order valence-electron chi connectivity index (χ1n) is 11.8. The Morgan fingerprint density at radius 1 is 1.19 bits per heavy atom. The topological polar surface area (TPSA) is 112 Å². The molecule has 3 aromatic rings. The van der Waals surface area contributed by atoms with Gasteiger partial charge in [-0.2, -0.15) is 12.6 Å². The molecule has 1 aromatic carbocycles. The molecule has 4 heterocycles. The summed E-state index contributed by atoms with van der Waals surface area (Å²) in [5.41, 5.74) is 10.4. The van der Waals surface area contributed by atoms with Gasteiger partial charge in [-0.15, -0.1) is 0 Å². The van der Waals surface area contributed by atoms with Crippen LogP contribution in [0.4, 0.5) is 11.5 Å². The minimum absolute atomic E-state index is 0.173. The highest BCUT2D eigenvalue weighted by molar-refractivity contribution is 7.79. The number of halogens is 2. The van der Waals surface area contributed by atoms with E-state index in [1.165, 1.54) is 12.4 Å². The zero-order valence-electron chi connectivity index (χ0n) is 20.8. The van der Waals surface area contributed by atoms with E-state index in [2.05, 4.69) is 33.1 Å². The van der Waals surface area contributed by atoms with E-state index in [0.29, 0.717) is 50.1 Å². The second kappa shape index (κ2) is 11.9. The number of rotatable bonds is 8. The van der Waals surface area contributed by atoms with Crippen LogP contribution in [0.15, 0.2) is 42.9 Å². The molecule has 0 bridgehead atoms. The van der Waals surface area contributed by atoms with Crippen molar-refractivity contribution in [2.75, 3.05) is 50.1 Å². The average Bonchev–Trinajstić information content (AvgIpc) is 2.85. The summed E-state index contributed by atoms with van der Waals surface area (Å²) in [4.78, 5) is 11.0. The molecule has 2 aliphatic rings. The van der Waals surface area contributed by atoms with Gasteiger partial charge in [0.1, 0.15) is 18.2 Å². The summed E-state index contributed by atoms with van der Waals surface area (Å²) in [7, 11) is 1.91. The number of nitrogen functional groups attached to an aromatic ring is 1. The van der Waals surface area contributed by atoms with E-state index in [1.54, 1.807) is 30.7 Å². The molecule has 0 amide bonds. The van der Waals surface area contributed by atoms with Crippen molar-refractivity contribution in [3.8, 4) is 5.75 Å². The third kappa shape index (κ3) is 5.81. The Balaban J connectivity index is 0.00000156. The highest BCUT2D eigenvalue weighted by Gasteiger charge is 2.48. The Bertz CT molecular complexity index is 1260. The van der Waals surface area contributed by atoms with Gasteiger partial charge in [-0.05, 0) is 37.6 Å². The number of nitrogens with zero attached hydrogens (tertiary/aromatic N) is 3. The van der Waals surface area contributed by atoms with Crippen LogP contribution in [0.25, 0.3) is 0 Å². The molecule has 0 aliphatic carbocycles. The lowest BCUT2D eigenvalue weighted by Crippen LogP contribution is -2.71. The Hall–Kier alpha value is -2.56. The van der Waals surface area contributed by atoms with Crippen molar-refractivity contribution >= 4 is 53.0 Å². The highest BCUT2D eigenvalue weighted by Crippen LogP contribution is 2.38. The van der Waals surface area contributed by atoms with Gasteiger partial charge in [0.05, 0.1) is 15.8 Å². The Morgan fingerprint density at radius 3 is 2.51 bits per heavy atom. The predicted octanol–water partition coefficient (Wildman–Crippen LogP) is 4.04. The normalized spacial score (nSPS) is 15.3. The van der Waals surface area contributed by atoms with Crippen LogP contribution in [-0.4, -0.2) is 55.2 Å². The summed E-state index contributed by atoms with van der Waals surface area (Å²) in [5.74, 6) is 1.53. The molecular weight excluding hydrogens is 529 g/mol. The van der Waals surface area contributed by atoms with Crippen LogP contribution < -0.4 is 26.0 Å².